The van der Waals surface area contributed by atoms with Gasteiger partial charge in [0.25, 0.3) is 0 Å². The number of hydrogen-bond donors (Lipinski definition) is 6. The van der Waals surface area contributed by atoms with Crippen molar-refractivity contribution in [2.24, 2.45) is 0 Å². The molecular formula is C40H68N6O15S. The molecular weight excluding hydrogens is 837 g/mol. The second-order valence-electron chi connectivity index (χ2n) is 14.1. The van der Waals surface area contributed by atoms with Gasteiger partial charge in [-0.1, -0.05) is 12.1 Å². The van der Waals surface area contributed by atoms with Gasteiger partial charge in [0.05, 0.1) is 112 Å². The lowest BCUT2D eigenvalue weighted by atomic mass is 10.0. The zero-order valence-electron chi connectivity index (χ0n) is 36.0. The SMILES string of the molecule is CCOCCOCCOCCOCCOCCOCCOCCNC(=S)Nc1ccc(CC2CN(CC(=O)O)CCN(CC(=O)O)CCN(CC(=O)O)CCN2CC(=O)O)cc1. The Kier molecular flexibility index (Phi) is 30.6. The zero-order chi connectivity index (χ0) is 45.2. The lowest BCUT2D eigenvalue weighted by Gasteiger charge is -2.37. The Balaban J connectivity index is 1.74. The third-order valence-electron chi connectivity index (χ3n) is 9.22. The van der Waals surface area contributed by atoms with Crippen LogP contribution in [0.5, 0.6) is 0 Å². The average Bonchev–Trinajstić information content (AvgIpc) is 3.21. The summed E-state index contributed by atoms with van der Waals surface area (Å²) >= 11 is 5.44. The quantitative estimate of drug-likeness (QED) is 0.0387. The molecule has 1 aliphatic rings. The van der Waals surface area contributed by atoms with E-state index in [2.05, 4.69) is 10.6 Å². The molecule has 0 amide bonds. The molecule has 22 heteroatoms. The van der Waals surface area contributed by atoms with Crippen molar-refractivity contribution in [3.63, 3.8) is 0 Å². The molecule has 0 aliphatic carbocycles. The molecule has 21 nitrogen and oxygen atoms in total. The number of benzene rings is 1. The molecule has 1 atom stereocenters. The van der Waals surface area contributed by atoms with Gasteiger partial charge in [-0.3, -0.25) is 38.8 Å². The van der Waals surface area contributed by atoms with E-state index in [0.29, 0.717) is 116 Å². The Hall–Kier alpha value is -3.65. The van der Waals surface area contributed by atoms with Crippen LogP contribution < -0.4 is 10.6 Å². The van der Waals surface area contributed by atoms with Crippen molar-refractivity contribution in [1.29, 1.82) is 0 Å². The largest absolute Gasteiger partial charge is 0.480 e. The first-order chi connectivity index (χ1) is 29.9. The number of carbonyl (C=O) groups is 4. The third-order valence-corrected chi connectivity index (χ3v) is 9.47. The van der Waals surface area contributed by atoms with Gasteiger partial charge in [0.15, 0.2) is 5.11 Å². The summed E-state index contributed by atoms with van der Waals surface area (Å²) in [7, 11) is 0. The molecule has 0 bridgehead atoms. The minimum absolute atomic E-state index is 0.178. The van der Waals surface area contributed by atoms with Gasteiger partial charge in [0, 0.05) is 70.7 Å². The van der Waals surface area contributed by atoms with E-state index in [1.807, 2.05) is 31.2 Å². The molecule has 1 aromatic rings. The van der Waals surface area contributed by atoms with E-state index in [0.717, 1.165) is 5.56 Å². The molecule has 0 spiro atoms. The molecule has 0 saturated carbocycles. The Morgan fingerprint density at radius 2 is 0.952 bits per heavy atom. The molecule has 1 aliphatic heterocycles. The molecule has 354 valence electrons. The Bertz CT molecular complexity index is 1400. The molecule has 1 aromatic carbocycles. The lowest BCUT2D eigenvalue weighted by Crippen LogP contribution is -2.53. The molecule has 6 N–H and O–H groups in total. The number of carboxylic acid groups (broad SMARTS) is 4. The summed E-state index contributed by atoms with van der Waals surface area (Å²) in [6.07, 6.45) is 0.359. The highest BCUT2D eigenvalue weighted by Gasteiger charge is 2.27. The number of hydrogen-bond acceptors (Lipinski definition) is 16. The van der Waals surface area contributed by atoms with Gasteiger partial charge in [-0.15, -0.1) is 0 Å². The van der Waals surface area contributed by atoms with Gasteiger partial charge < -0.3 is 64.2 Å². The van der Waals surface area contributed by atoms with E-state index in [1.54, 1.807) is 19.6 Å². The Labute approximate surface area is 369 Å². The van der Waals surface area contributed by atoms with E-state index >= 15 is 0 Å². The Morgan fingerprint density at radius 1 is 0.565 bits per heavy atom. The summed E-state index contributed by atoms with van der Waals surface area (Å²) in [4.78, 5) is 53.8. The van der Waals surface area contributed by atoms with Crippen molar-refractivity contribution in [2.45, 2.75) is 19.4 Å². The minimum atomic E-state index is -1.08. The van der Waals surface area contributed by atoms with Crippen LogP contribution in [0.2, 0.25) is 0 Å². The van der Waals surface area contributed by atoms with Crippen LogP contribution in [0.25, 0.3) is 0 Å². The van der Waals surface area contributed by atoms with Crippen molar-refractivity contribution in [2.75, 3.05) is 176 Å². The third kappa shape index (κ3) is 28.9. The first-order valence-electron chi connectivity index (χ1n) is 20.9. The molecule has 1 saturated heterocycles. The topological polar surface area (TPSA) is 251 Å². The van der Waals surface area contributed by atoms with Gasteiger partial charge in [-0.2, -0.15) is 0 Å². The van der Waals surface area contributed by atoms with E-state index in [-0.39, 0.29) is 72.0 Å². The van der Waals surface area contributed by atoms with Gasteiger partial charge in [0.2, 0.25) is 0 Å². The predicted molar refractivity (Wildman–Crippen MR) is 231 cm³/mol. The van der Waals surface area contributed by atoms with Crippen LogP contribution in [0.4, 0.5) is 5.69 Å². The van der Waals surface area contributed by atoms with Gasteiger partial charge in [0.1, 0.15) is 0 Å². The number of anilines is 1. The van der Waals surface area contributed by atoms with Gasteiger partial charge >= 0.3 is 23.9 Å². The second-order valence-corrected chi connectivity index (χ2v) is 14.5. The predicted octanol–water partition coefficient (Wildman–Crippen LogP) is -0.420. The monoisotopic (exact) mass is 904 g/mol. The summed E-state index contributed by atoms with van der Waals surface area (Å²) in [6, 6.07) is 6.94. The minimum Gasteiger partial charge on any atom is -0.480 e. The van der Waals surface area contributed by atoms with Crippen molar-refractivity contribution in [3.05, 3.63) is 29.8 Å². The summed E-state index contributed by atoms with van der Waals surface area (Å²) < 4.78 is 38.1. The summed E-state index contributed by atoms with van der Waals surface area (Å²) in [5.74, 6) is -4.26. The fraction of sp³-hybridized carbons (Fsp3) is 0.725. The highest BCUT2D eigenvalue weighted by molar-refractivity contribution is 7.80. The standard InChI is InChI=1S/C40H68N6O15S/c1-2-55-15-16-57-19-20-59-23-24-61-26-25-60-22-21-58-18-17-56-14-7-41-40(62)42-34-5-3-33(4-6-34)27-35-28-45(31-38(51)52)11-10-43(29-36(47)48)8-9-44(30-37(49)50)12-13-46(35)32-39(53)54/h3-6,35H,2,7-32H2,1H3,(H,47,48)(H,49,50)(H,51,52)(H,53,54)(H2,41,42,62). The number of ether oxygens (including phenoxy) is 7. The Morgan fingerprint density at radius 3 is 1.39 bits per heavy atom. The fourth-order valence-corrected chi connectivity index (χ4v) is 6.45. The molecule has 1 unspecified atom stereocenters. The number of carboxylic acids is 4. The maximum Gasteiger partial charge on any atom is 0.317 e. The van der Waals surface area contributed by atoms with E-state index in [9.17, 15) is 39.6 Å². The van der Waals surface area contributed by atoms with Crippen LogP contribution >= 0.6 is 12.2 Å². The highest BCUT2D eigenvalue weighted by atomic mass is 32.1. The van der Waals surface area contributed by atoms with Crippen LogP contribution in [0.3, 0.4) is 0 Å². The van der Waals surface area contributed by atoms with Crippen molar-refractivity contribution in [3.8, 4) is 0 Å². The number of nitrogens with one attached hydrogen (secondary N) is 2. The molecule has 1 fully saturated rings. The van der Waals surface area contributed by atoms with Gasteiger partial charge in [-0.05, 0) is 43.3 Å². The second kappa shape index (κ2) is 34.8. The number of thiocarbonyl (C=S) groups is 1. The average molecular weight is 905 g/mol. The van der Waals surface area contributed by atoms with Crippen LogP contribution in [0.15, 0.2) is 24.3 Å². The van der Waals surface area contributed by atoms with Gasteiger partial charge in [-0.25, -0.2) is 0 Å². The van der Waals surface area contributed by atoms with E-state index in [4.69, 9.17) is 45.4 Å². The zero-order valence-corrected chi connectivity index (χ0v) is 36.8. The maximum atomic E-state index is 12.0. The fourth-order valence-electron chi connectivity index (χ4n) is 6.23. The molecule has 0 aromatic heterocycles. The van der Waals surface area contributed by atoms with Crippen LogP contribution in [0, 0.1) is 0 Å². The van der Waals surface area contributed by atoms with Crippen molar-refractivity contribution in [1.82, 2.24) is 24.9 Å². The molecule has 1 heterocycles. The highest BCUT2D eigenvalue weighted by Crippen LogP contribution is 2.16. The van der Waals surface area contributed by atoms with Crippen LogP contribution in [0.1, 0.15) is 12.5 Å². The molecule has 62 heavy (non-hydrogen) atoms. The summed E-state index contributed by atoms with van der Waals surface area (Å²) in [6.45, 7) is 9.54. The summed E-state index contributed by atoms with van der Waals surface area (Å²) in [5.41, 5.74) is 1.57. The lowest BCUT2D eigenvalue weighted by molar-refractivity contribution is -0.142. The molecule has 2 rings (SSSR count). The van der Waals surface area contributed by atoms with Crippen LogP contribution in [-0.4, -0.2) is 246 Å². The van der Waals surface area contributed by atoms with E-state index in [1.165, 1.54) is 0 Å². The summed E-state index contributed by atoms with van der Waals surface area (Å²) in [5, 5.41) is 45.1. The smallest absolute Gasteiger partial charge is 0.317 e. The van der Waals surface area contributed by atoms with E-state index < -0.39 is 29.9 Å². The maximum absolute atomic E-state index is 12.0. The first-order valence-corrected chi connectivity index (χ1v) is 21.3. The number of aliphatic carboxylic acids is 4. The number of rotatable bonds is 33. The first kappa shape index (κ1) is 54.5. The number of nitrogens with zero attached hydrogens (tertiary/aromatic N) is 4. The van der Waals surface area contributed by atoms with Crippen molar-refractivity contribution < 1.29 is 72.8 Å². The van der Waals surface area contributed by atoms with Crippen molar-refractivity contribution >= 4 is 46.9 Å². The van der Waals surface area contributed by atoms with Crippen LogP contribution in [-0.2, 0) is 58.8 Å². The normalized spacial score (nSPS) is 16.3. The molecule has 0 radical (unpaired) electrons.